The average molecular weight is 1690 g/mol. The van der Waals surface area contributed by atoms with E-state index in [1.807, 2.05) is 6.92 Å². The summed E-state index contributed by atoms with van der Waals surface area (Å²) in [6.45, 7) is 16.7. The number of fused-ring (bicyclic) bond motifs is 3. The van der Waals surface area contributed by atoms with Gasteiger partial charge in [-0.15, -0.1) is 0 Å². The highest BCUT2D eigenvalue weighted by Gasteiger charge is 2.61. The van der Waals surface area contributed by atoms with Crippen molar-refractivity contribution in [3.05, 3.63) is 0 Å². The molecule has 8 heterocycles. The van der Waals surface area contributed by atoms with E-state index in [-0.39, 0.29) is 19.3 Å². The third kappa shape index (κ3) is 26.4. The lowest BCUT2D eigenvalue weighted by Crippen LogP contribution is -2.69. The van der Waals surface area contributed by atoms with Crippen LogP contribution in [0.3, 0.4) is 0 Å². The fourth-order valence-electron chi connectivity index (χ4n) is 15.6. The molecule has 8 fully saturated rings. The maximum Gasteiger partial charge on any atom is 0.309 e. The van der Waals surface area contributed by atoms with Crippen LogP contribution in [0.15, 0.2) is 0 Å². The van der Waals surface area contributed by atoms with Gasteiger partial charge in [0.15, 0.2) is 74.6 Å². The van der Waals surface area contributed by atoms with Gasteiger partial charge in [-0.2, -0.15) is 0 Å². The first kappa shape index (κ1) is 98.7. The normalized spacial score (nSPS) is 42.8. The predicted octanol–water partition coefficient (Wildman–Crippen LogP) is 1.34. The highest BCUT2D eigenvalue weighted by molar-refractivity contribution is 5.73. The first-order chi connectivity index (χ1) is 55.7. The molecule has 117 heavy (non-hydrogen) atoms. The molecule has 678 valence electrons. The minimum Gasteiger partial charge on any atom is -0.463 e. The summed E-state index contributed by atoms with van der Waals surface area (Å²) in [5, 5.41) is 152. The number of rotatable bonds is 32. The van der Waals surface area contributed by atoms with Gasteiger partial charge < -0.3 is 156 Å². The summed E-state index contributed by atoms with van der Waals surface area (Å²) in [5.41, 5.74) is 0. The molecule has 0 radical (unpaired) electrons. The number of ether oxygens (including phenoxy) is 19. The van der Waals surface area contributed by atoms with E-state index in [2.05, 4.69) is 6.92 Å². The number of hydrogen-bond acceptors (Lipinski definition) is 37. The van der Waals surface area contributed by atoms with Gasteiger partial charge in [0.05, 0.1) is 67.6 Å². The molecule has 0 aromatic carbocycles. The third-order valence-corrected chi connectivity index (χ3v) is 23.5. The molecule has 0 unspecified atom stereocenters. The number of esters is 5. The Kier molecular flexibility index (Phi) is 40.0. The summed E-state index contributed by atoms with van der Waals surface area (Å²) in [6, 6.07) is 0. The molecule has 8 aliphatic rings. The molecule has 0 amide bonds. The second-order valence-corrected chi connectivity index (χ2v) is 32.8. The summed E-state index contributed by atoms with van der Waals surface area (Å²) < 4.78 is 121. The summed E-state index contributed by atoms with van der Waals surface area (Å²) in [7, 11) is 0. The molecule has 37 nitrogen and oxygen atoms in total. The van der Waals surface area contributed by atoms with E-state index in [0.717, 1.165) is 51.9 Å². The van der Waals surface area contributed by atoms with Gasteiger partial charge in [-0.3, -0.25) is 24.0 Å². The largest absolute Gasteiger partial charge is 0.463 e. The lowest BCUT2D eigenvalue weighted by Gasteiger charge is -2.52. The molecule has 8 rings (SSSR count). The van der Waals surface area contributed by atoms with Crippen LogP contribution in [0.1, 0.15) is 224 Å². The lowest BCUT2D eigenvalue weighted by molar-refractivity contribution is -0.414. The second-order valence-electron chi connectivity index (χ2n) is 32.8. The Morgan fingerprint density at radius 1 is 0.410 bits per heavy atom. The van der Waals surface area contributed by atoms with Crippen LogP contribution < -0.4 is 0 Å². The molecule has 0 aromatic rings. The van der Waals surface area contributed by atoms with E-state index < -0.39 is 288 Å². The van der Waals surface area contributed by atoms with E-state index in [4.69, 9.17) is 90.0 Å². The zero-order valence-electron chi connectivity index (χ0n) is 69.6. The number of hydrogen-bond donors (Lipinski definition) is 13. The van der Waals surface area contributed by atoms with Gasteiger partial charge in [0.25, 0.3) is 0 Å². The van der Waals surface area contributed by atoms with Crippen LogP contribution in [0, 0.1) is 11.8 Å². The molecule has 39 atom stereocenters. The molecule has 0 spiro atoms. The molecular formula is C80H136O37. The minimum absolute atomic E-state index is 0.0901. The van der Waals surface area contributed by atoms with Crippen LogP contribution in [0.5, 0.6) is 0 Å². The smallest absolute Gasteiger partial charge is 0.309 e. The van der Waals surface area contributed by atoms with E-state index >= 15 is 9.59 Å². The van der Waals surface area contributed by atoms with E-state index in [9.17, 15) is 80.8 Å². The molecule has 8 saturated heterocycles. The van der Waals surface area contributed by atoms with Gasteiger partial charge in [0.1, 0.15) is 116 Å². The molecule has 2 bridgehead atoms. The predicted molar refractivity (Wildman–Crippen MR) is 401 cm³/mol. The Morgan fingerprint density at radius 2 is 0.915 bits per heavy atom. The number of carbonyl (C=O) groups excluding carboxylic acids is 5. The van der Waals surface area contributed by atoms with Crippen molar-refractivity contribution < 1.29 is 180 Å². The molecule has 37 heteroatoms. The van der Waals surface area contributed by atoms with E-state index in [1.165, 1.54) is 41.5 Å². The Hall–Kier alpha value is -3.73. The fourth-order valence-corrected chi connectivity index (χ4v) is 15.6. The van der Waals surface area contributed by atoms with Crippen molar-refractivity contribution in [1.82, 2.24) is 0 Å². The van der Waals surface area contributed by atoms with E-state index in [0.29, 0.717) is 70.6 Å². The van der Waals surface area contributed by atoms with E-state index in [1.54, 1.807) is 20.8 Å². The highest BCUT2D eigenvalue weighted by Crippen LogP contribution is 2.42. The first-order valence-electron chi connectivity index (χ1n) is 42.5. The maximum absolute atomic E-state index is 15.2. The standard InChI is InChI=1S/C80H136O37/c1-13-17-18-19-20-21-22-26-29-33-49(83)109-64-53(87)41(9)101-75(61(64)95)113-63-43(11)104-79(71(112-73(98)38(6)16-4)69(63)116-78-68(59(93)55(89)47(35-81)107-78)114-76-62(96)65(54(88)42(10)102-76)111-72(97)37(5)15-3)117-70-66-56(90)48(36-99-44(12)82)108-80(70)115-67-58(92)52(86)40(8)103-77(67)105-45(30-14-2)31-27-24-23-25-28-32-46(34-50(84)110-66)106-74-60(94)57(91)51(85)39(7)100-74/h37-43,45-48,51-71,74-81,85-96H,13-36H2,1-12H3/t37-,38-,39+,40+,41+,42+,43-,45+,46-,47+,48+,51+,52+,53-,54+,55+,56+,57-,58-,59-,60+,61+,62+,63-,64-,65-,66-,67+,68+,69+,70+,71+,74-,75-,76-,77-,78-,79-,80-/m0/s1. The van der Waals surface area contributed by atoms with Gasteiger partial charge in [-0.05, 0) is 73.1 Å². The Bertz CT molecular complexity index is 2960. The molecule has 0 aliphatic carbocycles. The van der Waals surface area contributed by atoms with Crippen LogP contribution in [-0.4, -0.2) is 337 Å². The van der Waals surface area contributed by atoms with Gasteiger partial charge >= 0.3 is 29.8 Å². The average Bonchev–Trinajstić information content (AvgIpc) is 0.912. The van der Waals surface area contributed by atoms with Crippen LogP contribution >= 0.6 is 0 Å². The molecule has 0 aromatic heterocycles. The summed E-state index contributed by atoms with van der Waals surface area (Å²) in [4.78, 5) is 70.1. The SMILES string of the molecule is CCCCCCCCCCCC(=O)O[C@H]1[C@@H](O)[C@@H](C)O[C@@H](O[C@@H]2[C@@H](O[C@@H]3O[C@H](CO)[C@@H](O)[C@H](O)[C@H]3O[C@@H]3O[C@H](C)[C@@H](O)[C@H](OC(=O)[C@@H](C)CC)[C@H]3O)[C@@H](OC(=O)[C@@H](C)CC)[C@H](O[C@H]3[C@@H]4O[C@H]5[C@H](O[C@H](CCC)CCCCCCC[C@H](O[C@@H]6O[C@H](C)[C@@H](O)[C@H](O)[C@H]6O)CC(=O)O[C@H]3[C@H](O)[C@@H](COC(C)=O)O4)O[C@H](C)[C@@H](O)[C@@H]5O)O[C@H]2C)[C@@H]1O. The minimum atomic E-state index is -2.24. The topological polar surface area (TPSA) is 524 Å². The zero-order chi connectivity index (χ0) is 85.8. The monoisotopic (exact) mass is 1690 g/mol. The van der Waals surface area contributed by atoms with Crippen molar-refractivity contribution in [2.24, 2.45) is 11.8 Å². The quantitative estimate of drug-likeness (QED) is 0.0257. The lowest BCUT2D eigenvalue weighted by atomic mass is 9.94. The van der Waals surface area contributed by atoms with Crippen molar-refractivity contribution in [2.75, 3.05) is 13.2 Å². The Labute approximate surface area is 684 Å². The van der Waals surface area contributed by atoms with Gasteiger partial charge in [-0.25, -0.2) is 0 Å². The number of unbranched alkanes of at least 4 members (excludes halogenated alkanes) is 8. The van der Waals surface area contributed by atoms with Gasteiger partial charge in [0, 0.05) is 13.3 Å². The van der Waals surface area contributed by atoms with Crippen molar-refractivity contribution in [1.29, 1.82) is 0 Å². The molecule has 0 saturated carbocycles. The Balaban J connectivity index is 1.27. The Morgan fingerprint density at radius 3 is 1.50 bits per heavy atom. The number of carbonyl (C=O) groups is 5. The van der Waals surface area contributed by atoms with Crippen LogP contribution in [-0.2, 0) is 114 Å². The maximum atomic E-state index is 15.2. The second kappa shape index (κ2) is 47.4. The summed E-state index contributed by atoms with van der Waals surface area (Å²) >= 11 is 0. The molecular weight excluding hydrogens is 1550 g/mol. The summed E-state index contributed by atoms with van der Waals surface area (Å²) in [6.07, 6.45) is -53.4. The van der Waals surface area contributed by atoms with Crippen molar-refractivity contribution in [3.8, 4) is 0 Å². The van der Waals surface area contributed by atoms with Crippen LogP contribution in [0.4, 0.5) is 0 Å². The number of aliphatic hydroxyl groups excluding tert-OH is 13. The molecule has 8 aliphatic heterocycles. The molecule has 13 N–H and O–H groups in total. The fraction of sp³-hybridized carbons (Fsp3) is 0.938. The zero-order valence-corrected chi connectivity index (χ0v) is 69.6. The van der Waals surface area contributed by atoms with Gasteiger partial charge in [0.2, 0.25) is 0 Å². The first-order valence-corrected chi connectivity index (χ1v) is 42.5. The number of aliphatic hydroxyl groups is 13. The highest BCUT2D eigenvalue weighted by atomic mass is 16.8. The third-order valence-electron chi connectivity index (χ3n) is 23.5. The van der Waals surface area contributed by atoms with Gasteiger partial charge in [-0.1, -0.05) is 131 Å². The summed E-state index contributed by atoms with van der Waals surface area (Å²) in [5.74, 6) is -6.41. The van der Waals surface area contributed by atoms with Crippen molar-refractivity contribution in [2.45, 2.75) is 451 Å². The van der Waals surface area contributed by atoms with Crippen molar-refractivity contribution in [3.63, 3.8) is 0 Å². The van der Waals surface area contributed by atoms with Crippen molar-refractivity contribution >= 4 is 29.8 Å². The van der Waals surface area contributed by atoms with Crippen LogP contribution in [0.2, 0.25) is 0 Å². The van der Waals surface area contributed by atoms with Crippen LogP contribution in [0.25, 0.3) is 0 Å².